The fraction of sp³-hybridized carbons (Fsp3) is 0.229. The number of terminal acetylenes is 1. The summed E-state index contributed by atoms with van der Waals surface area (Å²) in [6.07, 6.45) is 9.24. The van der Waals surface area contributed by atoms with Crippen LogP contribution in [0, 0.1) is 18.3 Å². The zero-order valence-electron chi connectivity index (χ0n) is 23.9. The molecule has 2 amide bonds. The number of nitrogens with zero attached hydrogens (tertiary/aromatic N) is 2. The van der Waals surface area contributed by atoms with Gasteiger partial charge in [0.2, 0.25) is 5.91 Å². The molecule has 0 radical (unpaired) electrons. The van der Waals surface area contributed by atoms with Crippen molar-refractivity contribution in [2.45, 2.75) is 25.3 Å². The summed E-state index contributed by atoms with van der Waals surface area (Å²) in [4.78, 5) is 56.5. The van der Waals surface area contributed by atoms with Gasteiger partial charge >= 0.3 is 11.9 Å². The Balaban J connectivity index is 1.28. The van der Waals surface area contributed by atoms with Crippen LogP contribution in [0.4, 0.5) is 0 Å². The smallest absolute Gasteiger partial charge is 0.329 e. The van der Waals surface area contributed by atoms with Crippen molar-refractivity contribution >= 4 is 34.3 Å². The second-order valence-electron chi connectivity index (χ2n) is 10.3. The first kappa shape index (κ1) is 30.0. The first-order chi connectivity index (χ1) is 21.4. The zero-order valence-corrected chi connectivity index (χ0v) is 23.9. The molecule has 222 valence electrons. The summed E-state index contributed by atoms with van der Waals surface area (Å²) in [5, 5.41) is 1.78. The largest absolute Gasteiger partial charge is 0.493 e. The molecule has 1 aliphatic heterocycles. The second kappa shape index (κ2) is 14.1. The highest BCUT2D eigenvalue weighted by atomic mass is 16.5. The van der Waals surface area contributed by atoms with Gasteiger partial charge in [-0.25, -0.2) is 4.79 Å². The van der Waals surface area contributed by atoms with Crippen LogP contribution in [0.25, 0.3) is 10.8 Å². The van der Waals surface area contributed by atoms with Gasteiger partial charge in [-0.05, 0) is 54.1 Å². The van der Waals surface area contributed by atoms with E-state index >= 15 is 0 Å². The summed E-state index contributed by atoms with van der Waals surface area (Å²) in [6, 6.07) is 21.8. The van der Waals surface area contributed by atoms with Gasteiger partial charge in [0.05, 0.1) is 13.2 Å². The van der Waals surface area contributed by atoms with Gasteiger partial charge in [-0.3, -0.25) is 24.3 Å². The van der Waals surface area contributed by atoms with E-state index in [0.29, 0.717) is 17.9 Å². The first-order valence-corrected chi connectivity index (χ1v) is 14.2. The fourth-order valence-electron chi connectivity index (χ4n) is 5.08. The minimum absolute atomic E-state index is 0.0353. The lowest BCUT2D eigenvalue weighted by Crippen LogP contribution is -2.47. The number of ketones is 1. The topological polar surface area (TPSA) is 112 Å². The number of aromatic nitrogens is 1. The molecule has 5 rings (SSSR count). The van der Waals surface area contributed by atoms with Crippen LogP contribution in [0.15, 0.2) is 91.3 Å². The van der Waals surface area contributed by atoms with Gasteiger partial charge in [0, 0.05) is 35.7 Å². The Labute approximate surface area is 254 Å². The van der Waals surface area contributed by atoms with Crippen molar-refractivity contribution < 1.29 is 33.4 Å². The standard InChI is InChI=1S/C35H30N2O7/c1-2-18-42-28-13-14-29-27(20-28)11-6-12-31(29)43-22-25(19-24-8-7-17-36-21-24)23-44-35(41)30-15-16-32(38)37(30)34(40)33(39)26-9-4-3-5-10-26/h1,3-14,17,20-21,25,30H,15-16,18-19,22-23H2. The van der Waals surface area contributed by atoms with Crippen LogP contribution in [0.2, 0.25) is 0 Å². The molecule has 0 N–H and O–H groups in total. The van der Waals surface area contributed by atoms with Crippen LogP contribution in [-0.2, 0) is 25.5 Å². The molecule has 0 aliphatic carbocycles. The van der Waals surface area contributed by atoms with Gasteiger partial charge in [-0.1, -0.05) is 54.5 Å². The highest BCUT2D eigenvalue weighted by molar-refractivity contribution is 6.45. The number of fused-ring (bicyclic) bond motifs is 1. The number of amides is 2. The number of imide groups is 1. The molecule has 2 atom stereocenters. The van der Waals surface area contributed by atoms with Gasteiger partial charge in [0.25, 0.3) is 5.78 Å². The molecule has 1 fully saturated rings. The Kier molecular flexibility index (Phi) is 9.62. The summed E-state index contributed by atoms with van der Waals surface area (Å²) in [7, 11) is 0. The molecule has 1 aromatic heterocycles. The maximum absolute atomic E-state index is 13.2. The summed E-state index contributed by atoms with van der Waals surface area (Å²) < 4.78 is 17.4. The average molecular weight is 591 g/mol. The van der Waals surface area contributed by atoms with Gasteiger partial charge in [-0.15, -0.1) is 6.42 Å². The van der Waals surface area contributed by atoms with E-state index in [1.165, 1.54) is 12.1 Å². The maximum atomic E-state index is 13.2. The van der Waals surface area contributed by atoms with Gasteiger partial charge in [0.15, 0.2) is 0 Å². The molecule has 2 unspecified atom stereocenters. The molecular weight excluding hydrogens is 560 g/mol. The van der Waals surface area contributed by atoms with Crippen molar-refractivity contribution in [1.29, 1.82) is 0 Å². The van der Waals surface area contributed by atoms with Crippen LogP contribution in [0.5, 0.6) is 11.5 Å². The molecule has 0 bridgehead atoms. The summed E-state index contributed by atoms with van der Waals surface area (Å²) in [6.45, 7) is 0.331. The lowest BCUT2D eigenvalue weighted by Gasteiger charge is -2.23. The fourth-order valence-corrected chi connectivity index (χ4v) is 5.08. The van der Waals surface area contributed by atoms with Crippen molar-refractivity contribution in [3.8, 4) is 23.8 Å². The third-order valence-electron chi connectivity index (χ3n) is 7.25. The third kappa shape index (κ3) is 7.10. The van der Waals surface area contributed by atoms with E-state index in [1.54, 1.807) is 30.6 Å². The molecule has 1 aliphatic rings. The number of carbonyl (C=O) groups is 4. The second-order valence-corrected chi connectivity index (χ2v) is 10.3. The van der Waals surface area contributed by atoms with Crippen molar-refractivity contribution in [1.82, 2.24) is 9.88 Å². The van der Waals surface area contributed by atoms with Crippen LogP contribution < -0.4 is 9.47 Å². The molecule has 2 heterocycles. The van der Waals surface area contributed by atoms with Crippen molar-refractivity contribution in [3.05, 3.63) is 102 Å². The Hall–Kier alpha value is -5.49. The predicted octanol–water partition coefficient (Wildman–Crippen LogP) is 4.43. The molecule has 4 aromatic rings. The highest BCUT2D eigenvalue weighted by Crippen LogP contribution is 2.30. The van der Waals surface area contributed by atoms with E-state index in [9.17, 15) is 19.2 Å². The van der Waals surface area contributed by atoms with Crippen molar-refractivity contribution in [3.63, 3.8) is 0 Å². The number of benzene rings is 3. The predicted molar refractivity (Wildman–Crippen MR) is 162 cm³/mol. The molecule has 9 heteroatoms. The van der Waals surface area contributed by atoms with Gasteiger partial charge in [-0.2, -0.15) is 0 Å². The van der Waals surface area contributed by atoms with Crippen molar-refractivity contribution in [2.75, 3.05) is 19.8 Å². The summed E-state index contributed by atoms with van der Waals surface area (Å²) >= 11 is 0. The van der Waals surface area contributed by atoms with E-state index < -0.39 is 29.6 Å². The molecule has 0 spiro atoms. The number of rotatable bonds is 12. The van der Waals surface area contributed by atoms with Crippen LogP contribution >= 0.6 is 0 Å². The number of likely N-dealkylation sites (tertiary alicyclic amines) is 1. The van der Waals surface area contributed by atoms with E-state index in [1.807, 2.05) is 48.5 Å². The third-order valence-corrected chi connectivity index (χ3v) is 7.25. The molecule has 3 aromatic carbocycles. The Bertz CT molecular complexity index is 1700. The minimum Gasteiger partial charge on any atom is -0.493 e. The first-order valence-electron chi connectivity index (χ1n) is 14.2. The average Bonchev–Trinajstić information content (AvgIpc) is 3.46. The van der Waals surface area contributed by atoms with E-state index in [4.69, 9.17) is 20.6 Å². The number of carbonyl (C=O) groups excluding carboxylic acids is 4. The zero-order chi connectivity index (χ0) is 30.9. The van der Waals surface area contributed by atoms with E-state index in [2.05, 4.69) is 10.9 Å². The summed E-state index contributed by atoms with van der Waals surface area (Å²) in [5.74, 6) is 0.231. The molecule has 44 heavy (non-hydrogen) atoms. The molecular formula is C35H30N2O7. The normalized spacial score (nSPS) is 14.9. The van der Waals surface area contributed by atoms with Crippen molar-refractivity contribution in [2.24, 2.45) is 5.92 Å². The Morgan fingerprint density at radius 1 is 0.977 bits per heavy atom. The number of esters is 1. The van der Waals surface area contributed by atoms with E-state index in [-0.39, 0.29) is 44.1 Å². The monoisotopic (exact) mass is 590 g/mol. The Morgan fingerprint density at radius 2 is 1.82 bits per heavy atom. The Morgan fingerprint density at radius 3 is 2.59 bits per heavy atom. The van der Waals surface area contributed by atoms with Gasteiger partial charge in [0.1, 0.15) is 24.1 Å². The number of hydrogen-bond acceptors (Lipinski definition) is 8. The van der Waals surface area contributed by atoms with Gasteiger partial charge < -0.3 is 14.2 Å². The maximum Gasteiger partial charge on any atom is 0.329 e. The SMILES string of the molecule is C#CCOc1ccc2c(OCC(COC(=O)C3CCC(=O)N3C(=O)C(=O)c3ccccc3)Cc3cccnc3)cccc2c1. The quantitative estimate of drug-likeness (QED) is 0.103. The van der Waals surface area contributed by atoms with Crippen LogP contribution in [0.1, 0.15) is 28.8 Å². The minimum atomic E-state index is -1.17. The lowest BCUT2D eigenvalue weighted by molar-refractivity contribution is -0.157. The highest BCUT2D eigenvalue weighted by Gasteiger charge is 2.43. The molecule has 1 saturated heterocycles. The molecule has 0 saturated carbocycles. The number of ether oxygens (including phenoxy) is 3. The number of hydrogen-bond donors (Lipinski definition) is 0. The summed E-state index contributed by atoms with van der Waals surface area (Å²) in [5.41, 5.74) is 1.06. The van der Waals surface area contributed by atoms with E-state index in [0.717, 1.165) is 21.2 Å². The van der Waals surface area contributed by atoms with Crippen LogP contribution in [-0.4, -0.2) is 59.3 Å². The lowest BCUT2D eigenvalue weighted by atomic mass is 10.0. The molecule has 9 nitrogen and oxygen atoms in total. The van der Waals surface area contributed by atoms with Crippen LogP contribution in [0.3, 0.4) is 0 Å². The number of pyridine rings is 1. The number of Topliss-reactive ketones (excluding diaryl/α,β-unsaturated/α-hetero) is 1.